The second-order valence-electron chi connectivity index (χ2n) is 4.33. The first-order chi connectivity index (χ1) is 7.50. The van der Waals surface area contributed by atoms with Gasteiger partial charge in [-0.25, -0.2) is 0 Å². The Balaban J connectivity index is 2.82. The minimum absolute atomic E-state index is 0.0827. The van der Waals surface area contributed by atoms with Gasteiger partial charge in [0.15, 0.2) is 0 Å². The van der Waals surface area contributed by atoms with Crippen molar-refractivity contribution in [1.82, 2.24) is 4.90 Å². The SMILES string of the molecule is CC(=O)N(C)Cc1ccccc1NC(C)C. The van der Waals surface area contributed by atoms with E-state index in [1.165, 1.54) is 0 Å². The molecule has 1 aromatic rings. The van der Waals surface area contributed by atoms with Gasteiger partial charge >= 0.3 is 0 Å². The Kier molecular flexibility index (Phi) is 4.35. The van der Waals surface area contributed by atoms with Gasteiger partial charge in [-0.2, -0.15) is 0 Å². The topological polar surface area (TPSA) is 32.3 Å². The van der Waals surface area contributed by atoms with Gasteiger partial charge in [0, 0.05) is 32.2 Å². The van der Waals surface area contributed by atoms with Gasteiger partial charge in [0.25, 0.3) is 0 Å². The number of anilines is 1. The number of benzene rings is 1. The van der Waals surface area contributed by atoms with Crippen LogP contribution >= 0.6 is 0 Å². The van der Waals surface area contributed by atoms with Crippen molar-refractivity contribution in [2.45, 2.75) is 33.4 Å². The highest BCUT2D eigenvalue weighted by molar-refractivity contribution is 5.73. The molecule has 0 aromatic heterocycles. The molecule has 3 nitrogen and oxygen atoms in total. The number of nitrogens with one attached hydrogen (secondary N) is 1. The molecule has 1 aromatic carbocycles. The molecule has 0 spiro atoms. The van der Waals surface area contributed by atoms with Gasteiger partial charge in [0.05, 0.1) is 0 Å². The van der Waals surface area contributed by atoms with Crippen LogP contribution in [0, 0.1) is 0 Å². The van der Waals surface area contributed by atoms with Crippen LogP contribution in [0.2, 0.25) is 0 Å². The van der Waals surface area contributed by atoms with Crippen LogP contribution in [0.15, 0.2) is 24.3 Å². The summed E-state index contributed by atoms with van der Waals surface area (Å²) in [6.07, 6.45) is 0. The number of carbonyl (C=O) groups excluding carboxylic acids is 1. The van der Waals surface area contributed by atoms with Gasteiger partial charge in [-0.15, -0.1) is 0 Å². The Bertz CT molecular complexity index is 361. The smallest absolute Gasteiger partial charge is 0.219 e. The summed E-state index contributed by atoms with van der Waals surface area (Å²) in [5.74, 6) is 0.0827. The van der Waals surface area contributed by atoms with Gasteiger partial charge < -0.3 is 10.2 Å². The highest BCUT2D eigenvalue weighted by Crippen LogP contribution is 2.17. The number of para-hydroxylation sites is 1. The zero-order chi connectivity index (χ0) is 12.1. The van der Waals surface area contributed by atoms with Crippen molar-refractivity contribution in [3.63, 3.8) is 0 Å². The number of nitrogens with zero attached hydrogens (tertiary/aromatic N) is 1. The average molecular weight is 220 g/mol. The normalized spacial score (nSPS) is 10.3. The Hall–Kier alpha value is -1.51. The first-order valence-corrected chi connectivity index (χ1v) is 5.57. The fourth-order valence-electron chi connectivity index (χ4n) is 1.48. The van der Waals surface area contributed by atoms with E-state index >= 15 is 0 Å². The average Bonchev–Trinajstić information content (AvgIpc) is 2.20. The molecule has 0 aliphatic carbocycles. The summed E-state index contributed by atoms with van der Waals surface area (Å²) in [6.45, 7) is 6.43. The monoisotopic (exact) mass is 220 g/mol. The molecule has 0 bridgehead atoms. The first-order valence-electron chi connectivity index (χ1n) is 5.57. The summed E-state index contributed by atoms with van der Waals surface area (Å²) in [5, 5.41) is 3.38. The molecule has 0 aliphatic heterocycles. The molecule has 3 heteroatoms. The molecular formula is C13H20N2O. The van der Waals surface area contributed by atoms with Crippen LogP contribution in [-0.4, -0.2) is 23.9 Å². The maximum atomic E-state index is 11.2. The zero-order valence-electron chi connectivity index (χ0n) is 10.4. The van der Waals surface area contributed by atoms with Crippen molar-refractivity contribution in [2.24, 2.45) is 0 Å². The van der Waals surface area contributed by atoms with E-state index in [4.69, 9.17) is 0 Å². The minimum atomic E-state index is 0.0827. The number of amides is 1. The van der Waals surface area contributed by atoms with E-state index in [0.29, 0.717) is 12.6 Å². The molecule has 0 atom stereocenters. The van der Waals surface area contributed by atoms with Crippen molar-refractivity contribution >= 4 is 11.6 Å². The van der Waals surface area contributed by atoms with Crippen LogP contribution in [-0.2, 0) is 11.3 Å². The van der Waals surface area contributed by atoms with Crippen molar-refractivity contribution in [3.05, 3.63) is 29.8 Å². The van der Waals surface area contributed by atoms with Crippen molar-refractivity contribution in [1.29, 1.82) is 0 Å². The first kappa shape index (κ1) is 12.6. The summed E-state index contributed by atoms with van der Waals surface area (Å²) < 4.78 is 0. The second kappa shape index (κ2) is 5.54. The van der Waals surface area contributed by atoms with Crippen LogP contribution < -0.4 is 5.32 Å². The Labute approximate surface area is 97.5 Å². The molecule has 0 aliphatic rings. The Morgan fingerprint density at radius 3 is 2.56 bits per heavy atom. The third-order valence-corrected chi connectivity index (χ3v) is 2.41. The lowest BCUT2D eigenvalue weighted by Gasteiger charge is -2.19. The van der Waals surface area contributed by atoms with Crippen LogP contribution in [0.1, 0.15) is 26.3 Å². The summed E-state index contributed by atoms with van der Waals surface area (Å²) in [5.41, 5.74) is 2.25. The van der Waals surface area contributed by atoms with Crippen LogP contribution in [0.4, 0.5) is 5.69 Å². The largest absolute Gasteiger partial charge is 0.383 e. The molecule has 0 unspecified atom stereocenters. The Morgan fingerprint density at radius 2 is 2.00 bits per heavy atom. The summed E-state index contributed by atoms with van der Waals surface area (Å²) in [4.78, 5) is 12.9. The van der Waals surface area contributed by atoms with E-state index in [-0.39, 0.29) is 5.91 Å². The van der Waals surface area contributed by atoms with Gasteiger partial charge in [0.1, 0.15) is 0 Å². The van der Waals surface area contributed by atoms with Crippen LogP contribution in [0.5, 0.6) is 0 Å². The molecule has 0 saturated carbocycles. The lowest BCUT2D eigenvalue weighted by molar-refractivity contribution is -0.128. The van der Waals surface area contributed by atoms with Gasteiger partial charge in [0.2, 0.25) is 5.91 Å². The third kappa shape index (κ3) is 3.57. The fraction of sp³-hybridized carbons (Fsp3) is 0.462. The number of rotatable bonds is 4. The number of carbonyl (C=O) groups is 1. The standard InChI is InChI=1S/C13H20N2O/c1-10(2)14-13-8-6-5-7-12(13)9-15(4)11(3)16/h5-8,10,14H,9H2,1-4H3. The van der Waals surface area contributed by atoms with E-state index < -0.39 is 0 Å². The molecular weight excluding hydrogens is 200 g/mol. The minimum Gasteiger partial charge on any atom is -0.383 e. The van der Waals surface area contributed by atoms with Crippen LogP contribution in [0.3, 0.4) is 0 Å². The van der Waals surface area contributed by atoms with Gasteiger partial charge in [-0.3, -0.25) is 4.79 Å². The molecule has 1 rings (SSSR count). The molecule has 1 amide bonds. The molecule has 0 fully saturated rings. The van der Waals surface area contributed by atoms with E-state index in [9.17, 15) is 4.79 Å². The highest BCUT2D eigenvalue weighted by atomic mass is 16.2. The second-order valence-corrected chi connectivity index (χ2v) is 4.33. The van der Waals surface area contributed by atoms with E-state index in [0.717, 1.165) is 11.3 Å². The van der Waals surface area contributed by atoms with E-state index in [1.54, 1.807) is 11.8 Å². The summed E-state index contributed by atoms with van der Waals surface area (Å²) in [6, 6.07) is 8.48. The van der Waals surface area contributed by atoms with Gasteiger partial charge in [-0.1, -0.05) is 18.2 Å². The van der Waals surface area contributed by atoms with Crippen molar-refractivity contribution < 1.29 is 4.79 Å². The maximum absolute atomic E-state index is 11.2. The summed E-state index contributed by atoms with van der Waals surface area (Å²) in [7, 11) is 1.81. The van der Waals surface area contributed by atoms with Crippen LogP contribution in [0.25, 0.3) is 0 Å². The zero-order valence-corrected chi connectivity index (χ0v) is 10.4. The molecule has 0 saturated heterocycles. The molecule has 0 heterocycles. The molecule has 1 N–H and O–H groups in total. The number of hydrogen-bond donors (Lipinski definition) is 1. The molecule has 88 valence electrons. The number of hydrogen-bond acceptors (Lipinski definition) is 2. The highest BCUT2D eigenvalue weighted by Gasteiger charge is 2.07. The predicted octanol–water partition coefficient (Wildman–Crippen LogP) is 2.49. The lowest BCUT2D eigenvalue weighted by Crippen LogP contribution is -2.24. The van der Waals surface area contributed by atoms with E-state index in [2.05, 4.69) is 19.2 Å². The maximum Gasteiger partial charge on any atom is 0.219 e. The lowest BCUT2D eigenvalue weighted by atomic mass is 10.1. The van der Waals surface area contributed by atoms with E-state index in [1.807, 2.05) is 31.3 Å². The third-order valence-electron chi connectivity index (χ3n) is 2.41. The molecule has 0 radical (unpaired) electrons. The quantitative estimate of drug-likeness (QED) is 0.845. The predicted molar refractivity (Wildman–Crippen MR) is 67.3 cm³/mol. The van der Waals surface area contributed by atoms with Gasteiger partial charge in [-0.05, 0) is 25.5 Å². The van der Waals surface area contributed by atoms with Crippen molar-refractivity contribution in [3.8, 4) is 0 Å². The summed E-state index contributed by atoms with van der Waals surface area (Å²) >= 11 is 0. The Morgan fingerprint density at radius 1 is 1.38 bits per heavy atom. The molecule has 16 heavy (non-hydrogen) atoms. The fourth-order valence-corrected chi connectivity index (χ4v) is 1.48. The van der Waals surface area contributed by atoms with Crippen molar-refractivity contribution in [2.75, 3.05) is 12.4 Å².